The largest absolute Gasteiger partial charge is 0.142 e. The number of fused-ring (bicyclic) bond motifs is 1. The first-order valence-corrected chi connectivity index (χ1v) is 5.32. The second kappa shape index (κ2) is 3.11. The van der Waals surface area contributed by atoms with Crippen molar-refractivity contribution >= 4 is 57.3 Å². The van der Waals surface area contributed by atoms with Gasteiger partial charge in [0.2, 0.25) is 0 Å². The predicted octanol–water partition coefficient (Wildman–Crippen LogP) is 4.50. The normalized spacial score (nSPS) is 10.9. The number of benzene rings is 1. The molecule has 0 amide bonds. The molecule has 0 unspecified atom stereocenters. The van der Waals surface area contributed by atoms with E-state index in [0.717, 1.165) is 20.0 Å². The molecule has 0 aliphatic heterocycles. The highest BCUT2D eigenvalue weighted by atomic mass is 35.5. The highest BCUT2D eigenvalue weighted by Crippen LogP contribution is 2.37. The second-order valence-electron chi connectivity index (χ2n) is 2.36. The summed E-state index contributed by atoms with van der Waals surface area (Å²) in [5, 5.41) is 4.33. The van der Waals surface area contributed by atoms with Crippen molar-refractivity contribution in [3.63, 3.8) is 0 Å². The molecule has 1 aromatic heterocycles. The van der Waals surface area contributed by atoms with Crippen LogP contribution in [-0.4, -0.2) is 0 Å². The van der Waals surface area contributed by atoms with E-state index in [9.17, 15) is 0 Å². The Morgan fingerprint density at radius 2 is 2.00 bits per heavy atom. The van der Waals surface area contributed by atoms with Gasteiger partial charge in [0.25, 0.3) is 0 Å². The van der Waals surface area contributed by atoms with Crippen LogP contribution in [0.3, 0.4) is 0 Å². The van der Waals surface area contributed by atoms with E-state index in [2.05, 4.69) is 12.6 Å². The van der Waals surface area contributed by atoms with Crippen LogP contribution in [0.15, 0.2) is 22.4 Å². The minimum atomic E-state index is 0.688. The number of hydrogen-bond acceptors (Lipinski definition) is 2. The van der Waals surface area contributed by atoms with E-state index in [-0.39, 0.29) is 0 Å². The number of halogens is 2. The Morgan fingerprint density at radius 1 is 1.25 bits per heavy atom. The standard InChI is InChI=1S/C8H4Cl2S2/c9-5-3-12-8-4(5)1-2-6(11)7(8)10/h1-3,11H. The van der Waals surface area contributed by atoms with Gasteiger partial charge >= 0.3 is 0 Å². The van der Waals surface area contributed by atoms with Crippen molar-refractivity contribution < 1.29 is 0 Å². The van der Waals surface area contributed by atoms with Crippen molar-refractivity contribution in [3.05, 3.63) is 27.6 Å². The minimum absolute atomic E-state index is 0.688. The Balaban J connectivity index is 2.93. The monoisotopic (exact) mass is 234 g/mol. The molecule has 0 fully saturated rings. The Morgan fingerprint density at radius 3 is 2.75 bits per heavy atom. The average Bonchev–Trinajstić information content (AvgIpc) is 2.41. The van der Waals surface area contributed by atoms with Gasteiger partial charge < -0.3 is 0 Å². The Labute approximate surface area is 89.5 Å². The Hall–Kier alpha value is 0.110. The Kier molecular flexibility index (Phi) is 2.25. The van der Waals surface area contributed by atoms with Gasteiger partial charge in [0.05, 0.1) is 14.7 Å². The smallest absolute Gasteiger partial charge is 0.0717 e. The first kappa shape index (κ1) is 8.70. The summed E-state index contributed by atoms with van der Waals surface area (Å²) in [6, 6.07) is 3.79. The van der Waals surface area contributed by atoms with E-state index in [1.165, 1.54) is 0 Å². The fourth-order valence-corrected chi connectivity index (χ4v) is 2.80. The van der Waals surface area contributed by atoms with Gasteiger partial charge in [0.15, 0.2) is 0 Å². The fourth-order valence-electron chi connectivity index (χ4n) is 1.02. The number of thiophene rings is 1. The molecule has 62 valence electrons. The lowest BCUT2D eigenvalue weighted by atomic mass is 10.3. The molecule has 0 radical (unpaired) electrons. The van der Waals surface area contributed by atoms with E-state index >= 15 is 0 Å². The third-order valence-corrected chi connectivity index (χ3v) is 4.08. The zero-order chi connectivity index (χ0) is 8.72. The number of hydrogen-bond donors (Lipinski definition) is 1. The van der Waals surface area contributed by atoms with Crippen LogP contribution in [0, 0.1) is 0 Å². The second-order valence-corrected chi connectivity index (χ2v) is 4.51. The molecule has 0 saturated heterocycles. The molecule has 0 bridgehead atoms. The van der Waals surface area contributed by atoms with Gasteiger partial charge in [-0.1, -0.05) is 29.3 Å². The molecule has 0 atom stereocenters. The first-order valence-electron chi connectivity index (χ1n) is 3.24. The molecule has 12 heavy (non-hydrogen) atoms. The van der Waals surface area contributed by atoms with Crippen LogP contribution in [0.25, 0.3) is 10.1 Å². The highest BCUT2D eigenvalue weighted by Gasteiger charge is 2.07. The minimum Gasteiger partial charge on any atom is -0.142 e. The third-order valence-electron chi connectivity index (χ3n) is 1.61. The van der Waals surface area contributed by atoms with Gasteiger partial charge in [-0.3, -0.25) is 0 Å². The van der Waals surface area contributed by atoms with Crippen molar-refractivity contribution in [1.29, 1.82) is 0 Å². The molecule has 1 heterocycles. The summed E-state index contributed by atoms with van der Waals surface area (Å²) < 4.78 is 1.01. The van der Waals surface area contributed by atoms with E-state index in [1.54, 1.807) is 11.3 Å². The van der Waals surface area contributed by atoms with E-state index in [4.69, 9.17) is 23.2 Å². The SMILES string of the molecule is Sc1ccc2c(Cl)csc2c1Cl. The molecule has 0 aliphatic rings. The quantitative estimate of drug-likeness (QED) is 0.638. The van der Waals surface area contributed by atoms with Gasteiger partial charge in [-0.2, -0.15) is 0 Å². The van der Waals surface area contributed by atoms with Crippen molar-refractivity contribution in [2.75, 3.05) is 0 Å². The lowest BCUT2D eigenvalue weighted by Gasteiger charge is -1.96. The highest BCUT2D eigenvalue weighted by molar-refractivity contribution is 7.80. The zero-order valence-electron chi connectivity index (χ0n) is 5.84. The van der Waals surface area contributed by atoms with Crippen LogP contribution in [0.1, 0.15) is 0 Å². The average molecular weight is 235 g/mol. The Bertz CT molecular complexity index is 434. The van der Waals surface area contributed by atoms with Gasteiger partial charge in [0, 0.05) is 15.7 Å². The number of thiol groups is 1. The lowest BCUT2D eigenvalue weighted by molar-refractivity contribution is 1.54. The molecule has 2 aromatic rings. The molecular formula is C8H4Cl2S2. The molecule has 2 rings (SSSR count). The van der Waals surface area contributed by atoms with Crippen LogP contribution in [0.2, 0.25) is 10.0 Å². The van der Waals surface area contributed by atoms with Crippen molar-refractivity contribution in [2.45, 2.75) is 4.90 Å². The van der Waals surface area contributed by atoms with Gasteiger partial charge in [-0.15, -0.1) is 24.0 Å². The van der Waals surface area contributed by atoms with Gasteiger partial charge in [-0.05, 0) is 6.07 Å². The molecule has 0 aliphatic carbocycles. The summed E-state index contributed by atoms with van der Waals surface area (Å²) in [5.74, 6) is 0. The molecular weight excluding hydrogens is 231 g/mol. The van der Waals surface area contributed by atoms with Crippen LogP contribution in [0.5, 0.6) is 0 Å². The maximum atomic E-state index is 6.01. The molecule has 0 N–H and O–H groups in total. The summed E-state index contributed by atoms with van der Waals surface area (Å²) in [7, 11) is 0. The van der Waals surface area contributed by atoms with Crippen molar-refractivity contribution in [2.24, 2.45) is 0 Å². The molecule has 0 saturated carbocycles. The van der Waals surface area contributed by atoms with Crippen LogP contribution in [-0.2, 0) is 0 Å². The van der Waals surface area contributed by atoms with Gasteiger partial charge in [0.1, 0.15) is 0 Å². The van der Waals surface area contributed by atoms with E-state index in [0.29, 0.717) is 5.02 Å². The summed E-state index contributed by atoms with van der Waals surface area (Å²) in [5.41, 5.74) is 0. The van der Waals surface area contributed by atoms with Crippen molar-refractivity contribution in [1.82, 2.24) is 0 Å². The summed E-state index contributed by atoms with van der Waals surface area (Å²) >= 11 is 17.7. The number of rotatable bonds is 0. The predicted molar refractivity (Wildman–Crippen MR) is 59.1 cm³/mol. The first-order chi connectivity index (χ1) is 5.70. The van der Waals surface area contributed by atoms with E-state index in [1.807, 2.05) is 17.5 Å². The van der Waals surface area contributed by atoms with E-state index < -0.39 is 0 Å². The van der Waals surface area contributed by atoms with Crippen molar-refractivity contribution in [3.8, 4) is 0 Å². The third kappa shape index (κ3) is 1.23. The maximum Gasteiger partial charge on any atom is 0.0717 e. The van der Waals surface area contributed by atoms with Crippen LogP contribution >= 0.6 is 47.2 Å². The summed E-state index contributed by atoms with van der Waals surface area (Å²) in [6.07, 6.45) is 0. The molecule has 4 heteroatoms. The van der Waals surface area contributed by atoms with Crippen LogP contribution in [0.4, 0.5) is 0 Å². The summed E-state index contributed by atoms with van der Waals surface area (Å²) in [6.45, 7) is 0. The zero-order valence-corrected chi connectivity index (χ0v) is 9.07. The lowest BCUT2D eigenvalue weighted by Crippen LogP contribution is -1.69. The van der Waals surface area contributed by atoms with Crippen LogP contribution < -0.4 is 0 Å². The fraction of sp³-hybridized carbons (Fsp3) is 0. The van der Waals surface area contributed by atoms with Gasteiger partial charge in [-0.25, -0.2) is 0 Å². The maximum absolute atomic E-state index is 6.01. The molecule has 0 spiro atoms. The summed E-state index contributed by atoms with van der Waals surface area (Å²) in [4.78, 5) is 0.794. The molecule has 1 aromatic carbocycles. The molecule has 0 nitrogen and oxygen atoms in total. The topological polar surface area (TPSA) is 0 Å².